The summed E-state index contributed by atoms with van der Waals surface area (Å²) < 4.78 is 2.94. The molecule has 1 aliphatic heterocycles. The maximum absolute atomic E-state index is 12.9. The maximum Gasteiger partial charge on any atom is 0.270 e. The normalized spacial score (nSPS) is 14.3. The van der Waals surface area contributed by atoms with Crippen LogP contribution in [0.1, 0.15) is 28.2 Å². The summed E-state index contributed by atoms with van der Waals surface area (Å²) in [5, 5.41) is 23.3. The number of aliphatic hydroxyl groups is 1. The van der Waals surface area contributed by atoms with Gasteiger partial charge in [0, 0.05) is 25.5 Å². The van der Waals surface area contributed by atoms with E-state index < -0.39 is 11.5 Å². The molecule has 0 spiro atoms. The molecule has 4 heterocycles. The summed E-state index contributed by atoms with van der Waals surface area (Å²) in [6, 6.07) is 4.70. The second-order valence-corrected chi connectivity index (χ2v) is 6.15. The monoisotopic (exact) mass is 355 g/mol. The minimum Gasteiger partial charge on any atom is -0.504 e. The molecular weight excluding hydrogens is 338 g/mol. The summed E-state index contributed by atoms with van der Waals surface area (Å²) in [6.07, 6.45) is 3.36. The van der Waals surface area contributed by atoms with Gasteiger partial charge < -0.3 is 15.1 Å². The van der Waals surface area contributed by atoms with Crippen LogP contribution in [0.25, 0.3) is 5.65 Å². The van der Waals surface area contributed by atoms with Crippen LogP contribution in [0.2, 0.25) is 0 Å². The smallest absolute Gasteiger partial charge is 0.270 e. The van der Waals surface area contributed by atoms with Crippen molar-refractivity contribution in [1.29, 1.82) is 0 Å². The second-order valence-electron chi connectivity index (χ2n) is 6.15. The zero-order valence-electron chi connectivity index (χ0n) is 13.9. The third-order valence-electron chi connectivity index (χ3n) is 4.46. The van der Waals surface area contributed by atoms with Crippen LogP contribution in [0.4, 0.5) is 0 Å². The minimum absolute atomic E-state index is 0.0524. The molecule has 0 radical (unpaired) electrons. The number of aromatic hydroxyl groups is 1. The highest BCUT2D eigenvalue weighted by atomic mass is 16.3. The van der Waals surface area contributed by atoms with Gasteiger partial charge in [-0.3, -0.25) is 18.7 Å². The summed E-state index contributed by atoms with van der Waals surface area (Å²) in [4.78, 5) is 31.2. The lowest BCUT2D eigenvalue weighted by Gasteiger charge is -2.19. The van der Waals surface area contributed by atoms with E-state index in [1.165, 1.54) is 24.5 Å². The van der Waals surface area contributed by atoms with Crippen molar-refractivity contribution in [2.24, 2.45) is 0 Å². The number of aliphatic hydroxyl groups excluding tert-OH is 1. The van der Waals surface area contributed by atoms with Crippen LogP contribution in [-0.4, -0.2) is 46.7 Å². The number of hydrogen-bond donors (Lipinski definition) is 2. The Morgan fingerprint density at radius 3 is 2.96 bits per heavy atom. The van der Waals surface area contributed by atoms with Crippen molar-refractivity contribution in [1.82, 2.24) is 24.1 Å². The summed E-state index contributed by atoms with van der Waals surface area (Å²) in [6.45, 7) is 1.27. The van der Waals surface area contributed by atoms with E-state index in [1.54, 1.807) is 15.6 Å². The number of aromatic nitrogens is 4. The van der Waals surface area contributed by atoms with Crippen molar-refractivity contribution < 1.29 is 15.0 Å². The number of carbonyl (C=O) groups excluding carboxylic acids is 1. The van der Waals surface area contributed by atoms with Gasteiger partial charge in [-0.2, -0.15) is 5.10 Å². The van der Waals surface area contributed by atoms with Crippen molar-refractivity contribution in [2.75, 3.05) is 6.54 Å². The van der Waals surface area contributed by atoms with Gasteiger partial charge >= 0.3 is 0 Å². The topological polar surface area (TPSA) is 113 Å². The number of carbonyl (C=O) groups is 1. The van der Waals surface area contributed by atoms with Gasteiger partial charge in [-0.25, -0.2) is 4.98 Å². The fraction of sp³-hybridized carbons (Fsp3) is 0.294. The fourth-order valence-electron chi connectivity index (χ4n) is 3.18. The van der Waals surface area contributed by atoms with Crippen molar-refractivity contribution >= 4 is 11.6 Å². The molecule has 0 aromatic carbocycles. The van der Waals surface area contributed by atoms with Crippen LogP contribution in [0.5, 0.6) is 5.75 Å². The van der Waals surface area contributed by atoms with Gasteiger partial charge in [0.1, 0.15) is 5.56 Å². The second kappa shape index (κ2) is 6.26. The number of amides is 1. The van der Waals surface area contributed by atoms with Crippen molar-refractivity contribution in [3.05, 3.63) is 57.9 Å². The summed E-state index contributed by atoms with van der Waals surface area (Å²) in [7, 11) is 0. The molecule has 0 bridgehead atoms. The van der Waals surface area contributed by atoms with E-state index in [-0.39, 0.29) is 23.6 Å². The quantitative estimate of drug-likeness (QED) is 0.676. The maximum atomic E-state index is 12.9. The fourth-order valence-corrected chi connectivity index (χ4v) is 3.18. The van der Waals surface area contributed by atoms with Gasteiger partial charge in [0.2, 0.25) is 0 Å². The molecule has 1 amide bonds. The average molecular weight is 355 g/mol. The Morgan fingerprint density at radius 2 is 2.15 bits per heavy atom. The van der Waals surface area contributed by atoms with Gasteiger partial charge in [-0.15, -0.1) is 0 Å². The van der Waals surface area contributed by atoms with E-state index in [9.17, 15) is 19.8 Å². The zero-order valence-corrected chi connectivity index (χ0v) is 13.9. The van der Waals surface area contributed by atoms with Crippen molar-refractivity contribution in [3.63, 3.8) is 0 Å². The Bertz CT molecular complexity index is 1050. The third-order valence-corrected chi connectivity index (χ3v) is 4.46. The Morgan fingerprint density at radius 1 is 1.31 bits per heavy atom. The van der Waals surface area contributed by atoms with Gasteiger partial charge in [-0.1, -0.05) is 0 Å². The van der Waals surface area contributed by atoms with Gasteiger partial charge in [0.25, 0.3) is 11.5 Å². The molecule has 134 valence electrons. The lowest BCUT2D eigenvalue weighted by Crippen LogP contribution is -2.35. The summed E-state index contributed by atoms with van der Waals surface area (Å²) in [5.41, 5.74) is 0.896. The van der Waals surface area contributed by atoms with Crippen LogP contribution in [0.15, 0.2) is 35.4 Å². The molecule has 0 saturated carbocycles. The van der Waals surface area contributed by atoms with E-state index >= 15 is 0 Å². The molecular formula is C17H17N5O4. The predicted molar refractivity (Wildman–Crippen MR) is 90.6 cm³/mol. The molecule has 4 rings (SSSR count). The first-order valence-electron chi connectivity index (χ1n) is 8.23. The van der Waals surface area contributed by atoms with Gasteiger partial charge in [-0.05, 0) is 24.6 Å². The average Bonchev–Trinajstić information content (AvgIpc) is 2.93. The molecule has 2 N–H and O–H groups in total. The number of hydrogen-bond acceptors (Lipinski definition) is 6. The number of fused-ring (bicyclic) bond motifs is 2. The highest BCUT2D eigenvalue weighted by Crippen LogP contribution is 2.17. The van der Waals surface area contributed by atoms with E-state index in [0.717, 1.165) is 10.1 Å². The first-order valence-corrected chi connectivity index (χ1v) is 8.23. The molecule has 9 nitrogen and oxygen atoms in total. The first kappa shape index (κ1) is 16.3. The Balaban J connectivity index is 1.70. The Labute approximate surface area is 147 Å². The number of rotatable bonds is 2. The minimum atomic E-state index is -0.523. The van der Waals surface area contributed by atoms with Crippen LogP contribution < -0.4 is 5.56 Å². The molecule has 3 aromatic heterocycles. The molecule has 3 aromatic rings. The van der Waals surface area contributed by atoms with Gasteiger partial charge in [0.15, 0.2) is 11.4 Å². The molecule has 0 saturated heterocycles. The van der Waals surface area contributed by atoms with Crippen LogP contribution >= 0.6 is 0 Å². The van der Waals surface area contributed by atoms with Crippen LogP contribution in [0, 0.1) is 0 Å². The Kier molecular flexibility index (Phi) is 3.92. The number of nitrogens with zero attached hydrogens (tertiary/aromatic N) is 5. The van der Waals surface area contributed by atoms with E-state index in [4.69, 9.17) is 0 Å². The van der Waals surface area contributed by atoms with Crippen molar-refractivity contribution in [2.45, 2.75) is 26.1 Å². The largest absolute Gasteiger partial charge is 0.504 e. The standard InChI is InChI=1S/C17H17N5O4/c23-10-11-7-12-9-20(4-2-6-22(12)19-11)16(25)13-8-18-15-14(24)3-1-5-21(15)17(13)26/h1,3,5,7-8,23-24H,2,4,6,9-10H2. The molecule has 0 atom stereocenters. The van der Waals surface area contributed by atoms with E-state index in [2.05, 4.69) is 10.1 Å². The molecule has 0 aliphatic carbocycles. The lowest BCUT2D eigenvalue weighted by molar-refractivity contribution is 0.0743. The highest BCUT2D eigenvalue weighted by molar-refractivity contribution is 5.93. The van der Waals surface area contributed by atoms with E-state index in [1.807, 2.05) is 0 Å². The SMILES string of the molecule is O=C(c1cnc2c(O)cccn2c1=O)N1CCCn2nc(CO)cc2C1. The summed E-state index contributed by atoms with van der Waals surface area (Å²) >= 11 is 0. The summed E-state index contributed by atoms with van der Waals surface area (Å²) in [5.74, 6) is -0.542. The van der Waals surface area contributed by atoms with Crippen LogP contribution in [-0.2, 0) is 19.7 Å². The molecule has 1 aliphatic rings. The highest BCUT2D eigenvalue weighted by Gasteiger charge is 2.24. The molecule has 26 heavy (non-hydrogen) atoms. The first-order chi connectivity index (χ1) is 12.6. The van der Waals surface area contributed by atoms with E-state index in [0.29, 0.717) is 31.7 Å². The Hall–Kier alpha value is -3.20. The number of aryl methyl sites for hydroxylation is 1. The molecule has 9 heteroatoms. The van der Waals surface area contributed by atoms with Crippen LogP contribution in [0.3, 0.4) is 0 Å². The number of pyridine rings is 1. The molecule has 0 fully saturated rings. The van der Waals surface area contributed by atoms with Crippen molar-refractivity contribution in [3.8, 4) is 5.75 Å². The lowest BCUT2D eigenvalue weighted by atomic mass is 10.2. The predicted octanol–water partition coefficient (Wildman–Crippen LogP) is 0.135. The molecule has 0 unspecified atom stereocenters. The third kappa shape index (κ3) is 2.62. The zero-order chi connectivity index (χ0) is 18.3. The van der Waals surface area contributed by atoms with Gasteiger partial charge in [0.05, 0.1) is 24.5 Å².